The monoisotopic (exact) mass is 272 g/mol. The molecular weight excluding hydrogens is 244 g/mol. The Bertz CT molecular complexity index is 280. The lowest BCUT2D eigenvalue weighted by atomic mass is 9.96. The van der Waals surface area contributed by atoms with Crippen molar-refractivity contribution in [3.8, 4) is 0 Å². The van der Waals surface area contributed by atoms with Crippen LogP contribution in [-0.2, 0) is 9.53 Å². The lowest BCUT2D eigenvalue weighted by Crippen LogP contribution is -2.31. The van der Waals surface area contributed by atoms with Crippen molar-refractivity contribution in [1.82, 2.24) is 0 Å². The molecule has 0 aromatic carbocycles. The first-order chi connectivity index (χ1) is 8.25. The van der Waals surface area contributed by atoms with Crippen LogP contribution in [0.25, 0.3) is 0 Å². The third-order valence-corrected chi connectivity index (χ3v) is 3.80. The van der Waals surface area contributed by atoms with Crippen LogP contribution in [0.3, 0.4) is 0 Å². The fourth-order valence-electron chi connectivity index (χ4n) is 1.75. The Morgan fingerprint density at radius 3 is 2.33 bits per heavy atom. The summed E-state index contributed by atoms with van der Waals surface area (Å²) in [6.45, 7) is 12.1. The van der Waals surface area contributed by atoms with E-state index in [1.54, 1.807) is 0 Å². The van der Waals surface area contributed by atoms with Crippen LogP contribution in [0.2, 0.25) is 0 Å². The zero-order valence-corrected chi connectivity index (χ0v) is 13.5. The van der Waals surface area contributed by atoms with Crippen molar-refractivity contribution in [2.45, 2.75) is 71.7 Å². The highest BCUT2D eigenvalue weighted by Gasteiger charge is 2.26. The third-order valence-electron chi connectivity index (χ3n) is 2.70. The standard InChI is InChI=1S/C15H28O2S/c1-12(2)8-7-9-15(6,17-14(5)16)10-11-18-13(3)4/h8,13H,7,9-11H2,1-6H3. The number of allylic oxidation sites excluding steroid dienone is 2. The maximum atomic E-state index is 11.2. The van der Waals surface area contributed by atoms with Crippen molar-refractivity contribution in [2.24, 2.45) is 0 Å². The Balaban J connectivity index is 4.32. The van der Waals surface area contributed by atoms with Gasteiger partial charge in [0.25, 0.3) is 0 Å². The molecule has 0 aliphatic carbocycles. The van der Waals surface area contributed by atoms with Crippen LogP contribution in [0, 0.1) is 0 Å². The van der Waals surface area contributed by atoms with E-state index in [0.717, 1.165) is 25.0 Å². The molecule has 0 saturated heterocycles. The van der Waals surface area contributed by atoms with Gasteiger partial charge in [-0.3, -0.25) is 4.79 Å². The molecule has 0 aromatic heterocycles. The summed E-state index contributed by atoms with van der Waals surface area (Å²) in [5.74, 6) is 0.861. The first-order valence-electron chi connectivity index (χ1n) is 6.70. The Morgan fingerprint density at radius 2 is 1.89 bits per heavy atom. The fraction of sp³-hybridized carbons (Fsp3) is 0.800. The number of carbonyl (C=O) groups excluding carboxylic acids is 1. The Kier molecular flexibility index (Phi) is 8.41. The molecular formula is C15H28O2S. The maximum absolute atomic E-state index is 11.2. The van der Waals surface area contributed by atoms with E-state index < -0.39 is 0 Å². The summed E-state index contributed by atoms with van der Waals surface area (Å²) in [5.41, 5.74) is 0.997. The second kappa shape index (κ2) is 8.63. The van der Waals surface area contributed by atoms with Crippen molar-refractivity contribution in [1.29, 1.82) is 0 Å². The minimum atomic E-state index is -0.320. The molecule has 0 bridgehead atoms. The van der Waals surface area contributed by atoms with Crippen LogP contribution in [0.1, 0.15) is 60.8 Å². The van der Waals surface area contributed by atoms with Gasteiger partial charge in [0.15, 0.2) is 0 Å². The Morgan fingerprint density at radius 1 is 1.28 bits per heavy atom. The van der Waals surface area contributed by atoms with Gasteiger partial charge in [-0.1, -0.05) is 25.5 Å². The van der Waals surface area contributed by atoms with E-state index in [4.69, 9.17) is 4.74 Å². The molecule has 0 rings (SSSR count). The lowest BCUT2D eigenvalue weighted by Gasteiger charge is -2.29. The average Bonchev–Trinajstić information content (AvgIpc) is 2.14. The Hall–Kier alpha value is -0.440. The number of esters is 1. The lowest BCUT2D eigenvalue weighted by molar-refractivity contribution is -0.156. The smallest absolute Gasteiger partial charge is 0.303 e. The third kappa shape index (κ3) is 9.58. The number of hydrogen-bond donors (Lipinski definition) is 0. The molecule has 0 aliphatic rings. The van der Waals surface area contributed by atoms with Gasteiger partial charge in [0.1, 0.15) is 5.60 Å². The summed E-state index contributed by atoms with van der Waals surface area (Å²) in [7, 11) is 0. The molecule has 0 fully saturated rings. The van der Waals surface area contributed by atoms with E-state index in [0.29, 0.717) is 5.25 Å². The van der Waals surface area contributed by atoms with Gasteiger partial charge in [0.2, 0.25) is 0 Å². The summed E-state index contributed by atoms with van der Waals surface area (Å²) >= 11 is 1.92. The van der Waals surface area contributed by atoms with Gasteiger partial charge in [0.05, 0.1) is 0 Å². The summed E-state index contributed by atoms with van der Waals surface area (Å²) in [6.07, 6.45) is 5.00. The van der Waals surface area contributed by atoms with Gasteiger partial charge < -0.3 is 4.74 Å². The van der Waals surface area contributed by atoms with Gasteiger partial charge >= 0.3 is 5.97 Å². The molecule has 2 nitrogen and oxygen atoms in total. The quantitative estimate of drug-likeness (QED) is 0.477. The van der Waals surface area contributed by atoms with Crippen LogP contribution in [0.15, 0.2) is 11.6 Å². The van der Waals surface area contributed by atoms with Gasteiger partial charge in [-0.15, -0.1) is 0 Å². The van der Waals surface area contributed by atoms with E-state index in [-0.39, 0.29) is 11.6 Å². The van der Waals surface area contributed by atoms with E-state index in [1.807, 2.05) is 18.7 Å². The first-order valence-corrected chi connectivity index (χ1v) is 7.74. The Labute approximate surface area is 117 Å². The van der Waals surface area contributed by atoms with Gasteiger partial charge in [-0.05, 0) is 51.0 Å². The van der Waals surface area contributed by atoms with Crippen LogP contribution < -0.4 is 0 Å². The molecule has 1 unspecified atom stereocenters. The molecule has 1 atom stereocenters. The fourth-order valence-corrected chi connectivity index (χ4v) is 2.77. The number of rotatable bonds is 8. The molecule has 0 aliphatic heterocycles. The zero-order chi connectivity index (χ0) is 14.2. The molecule has 0 N–H and O–H groups in total. The predicted octanol–water partition coefficient (Wildman–Crippen LogP) is 4.59. The number of hydrogen-bond acceptors (Lipinski definition) is 3. The van der Waals surface area contributed by atoms with Crippen LogP contribution in [0.5, 0.6) is 0 Å². The highest BCUT2D eigenvalue weighted by Crippen LogP contribution is 2.26. The summed E-state index contributed by atoms with van der Waals surface area (Å²) in [5, 5.41) is 0.629. The van der Waals surface area contributed by atoms with Crippen molar-refractivity contribution in [3.63, 3.8) is 0 Å². The summed E-state index contributed by atoms with van der Waals surface area (Å²) in [6, 6.07) is 0. The molecule has 0 heterocycles. The van der Waals surface area contributed by atoms with Crippen LogP contribution in [-0.4, -0.2) is 22.6 Å². The van der Waals surface area contributed by atoms with Crippen molar-refractivity contribution >= 4 is 17.7 Å². The molecule has 0 spiro atoms. The second-order valence-corrected chi connectivity index (χ2v) is 7.22. The topological polar surface area (TPSA) is 26.3 Å². The van der Waals surface area contributed by atoms with E-state index in [2.05, 4.69) is 33.8 Å². The van der Waals surface area contributed by atoms with Gasteiger partial charge in [-0.25, -0.2) is 0 Å². The van der Waals surface area contributed by atoms with Crippen molar-refractivity contribution in [3.05, 3.63) is 11.6 Å². The largest absolute Gasteiger partial charge is 0.460 e. The molecule has 3 heteroatoms. The molecule has 106 valence electrons. The molecule has 0 aromatic rings. The zero-order valence-electron chi connectivity index (χ0n) is 12.7. The molecule has 0 radical (unpaired) electrons. The molecule has 0 saturated carbocycles. The first kappa shape index (κ1) is 17.6. The van der Waals surface area contributed by atoms with E-state index in [9.17, 15) is 4.79 Å². The summed E-state index contributed by atoms with van der Waals surface area (Å²) in [4.78, 5) is 11.2. The summed E-state index contributed by atoms with van der Waals surface area (Å²) < 4.78 is 5.52. The van der Waals surface area contributed by atoms with E-state index in [1.165, 1.54) is 12.5 Å². The molecule has 18 heavy (non-hydrogen) atoms. The molecule has 0 amide bonds. The van der Waals surface area contributed by atoms with E-state index >= 15 is 0 Å². The minimum absolute atomic E-state index is 0.177. The van der Waals surface area contributed by atoms with Gasteiger partial charge in [0, 0.05) is 6.92 Å². The predicted molar refractivity (Wildman–Crippen MR) is 81.0 cm³/mol. The van der Waals surface area contributed by atoms with Crippen LogP contribution in [0.4, 0.5) is 0 Å². The highest BCUT2D eigenvalue weighted by molar-refractivity contribution is 7.99. The average molecular weight is 272 g/mol. The maximum Gasteiger partial charge on any atom is 0.303 e. The SMILES string of the molecule is CC(=O)OC(C)(CCC=C(C)C)CCSC(C)C. The number of ether oxygens (including phenoxy) is 1. The van der Waals surface area contributed by atoms with Crippen molar-refractivity contribution < 1.29 is 9.53 Å². The van der Waals surface area contributed by atoms with Crippen molar-refractivity contribution in [2.75, 3.05) is 5.75 Å². The van der Waals surface area contributed by atoms with Crippen LogP contribution >= 0.6 is 11.8 Å². The second-order valence-electron chi connectivity index (χ2n) is 5.53. The minimum Gasteiger partial charge on any atom is -0.460 e. The number of carbonyl (C=O) groups is 1. The normalized spacial score (nSPS) is 14.2. The highest BCUT2D eigenvalue weighted by atomic mass is 32.2. The number of thioether (sulfide) groups is 1. The van der Waals surface area contributed by atoms with Gasteiger partial charge in [-0.2, -0.15) is 11.8 Å².